The summed E-state index contributed by atoms with van der Waals surface area (Å²) in [4.78, 5) is 27.7. The van der Waals surface area contributed by atoms with E-state index in [4.69, 9.17) is 9.47 Å². The van der Waals surface area contributed by atoms with Gasteiger partial charge in [-0.2, -0.15) is 0 Å². The number of Topliss-reactive ketones (excluding diaryl/α,β-unsaturated/α-hetero) is 2. The maximum absolute atomic E-state index is 13.2. The van der Waals surface area contributed by atoms with Crippen LogP contribution in [0.1, 0.15) is 95.6 Å². The van der Waals surface area contributed by atoms with Crippen molar-refractivity contribution in [3.8, 4) is 11.5 Å². The number of methoxy groups -OCH3 is 2. The number of allylic oxidation sites excluding steroid dienone is 1. The second kappa shape index (κ2) is 14.5. The number of hydrogen-bond donors (Lipinski definition) is 0. The van der Waals surface area contributed by atoms with Gasteiger partial charge in [-0.25, -0.2) is 0 Å². The third kappa shape index (κ3) is 6.97. The standard InChI is InChI=1S/C19H27NO2.C16H22O2/c1-5-11-19(16-9-6-10-17(13-16)22-4)12-7-8-15(18(19)21)14-20(2)3;1-3-10-16(11-5-4-9-15(16)17)13-7-6-8-14(12-13)18-2/h6,9-10,13-14H,5,7-8,11-12H2,1-4H3;6-8,12H,3-5,9-11H2,1-2H3/b15-14+;. The minimum atomic E-state index is -0.386. The van der Waals surface area contributed by atoms with Crippen LogP contribution < -0.4 is 9.47 Å². The second-order valence-electron chi connectivity index (χ2n) is 11.6. The number of nitrogens with zero attached hydrogens (tertiary/aromatic N) is 1. The molecule has 0 aliphatic heterocycles. The van der Waals surface area contributed by atoms with E-state index >= 15 is 0 Å². The summed E-state index contributed by atoms with van der Waals surface area (Å²) < 4.78 is 10.7. The van der Waals surface area contributed by atoms with Crippen LogP contribution in [-0.4, -0.2) is 44.8 Å². The summed E-state index contributed by atoms with van der Waals surface area (Å²) in [5.74, 6) is 2.39. The lowest BCUT2D eigenvalue weighted by atomic mass is 9.64. The summed E-state index contributed by atoms with van der Waals surface area (Å²) in [5.41, 5.74) is 2.56. The number of carbonyl (C=O) groups excluding carboxylic acids is 2. The largest absolute Gasteiger partial charge is 0.497 e. The van der Waals surface area contributed by atoms with Crippen LogP contribution in [-0.2, 0) is 20.4 Å². The molecule has 2 saturated carbocycles. The zero-order valence-electron chi connectivity index (χ0n) is 25.6. The molecule has 40 heavy (non-hydrogen) atoms. The molecule has 0 heterocycles. The van der Waals surface area contributed by atoms with E-state index < -0.39 is 0 Å². The lowest BCUT2D eigenvalue weighted by Crippen LogP contribution is -2.40. The first-order chi connectivity index (χ1) is 19.3. The molecule has 4 rings (SSSR count). The van der Waals surface area contributed by atoms with Crippen LogP contribution in [0.3, 0.4) is 0 Å². The first-order valence-corrected chi connectivity index (χ1v) is 15.0. The molecule has 0 spiro atoms. The van der Waals surface area contributed by atoms with Gasteiger partial charge in [0.25, 0.3) is 0 Å². The van der Waals surface area contributed by atoms with Crippen LogP contribution in [0, 0.1) is 0 Å². The van der Waals surface area contributed by atoms with Crippen LogP contribution in [0.25, 0.3) is 0 Å². The minimum Gasteiger partial charge on any atom is -0.497 e. The number of ketones is 2. The van der Waals surface area contributed by atoms with Gasteiger partial charge in [0.15, 0.2) is 5.78 Å². The molecular formula is C35H49NO4. The van der Waals surface area contributed by atoms with E-state index in [0.29, 0.717) is 11.6 Å². The first-order valence-electron chi connectivity index (χ1n) is 15.0. The molecule has 0 bridgehead atoms. The van der Waals surface area contributed by atoms with Crippen LogP contribution in [0.4, 0.5) is 0 Å². The van der Waals surface area contributed by atoms with E-state index in [-0.39, 0.29) is 10.8 Å². The van der Waals surface area contributed by atoms with Crippen molar-refractivity contribution in [2.24, 2.45) is 0 Å². The van der Waals surface area contributed by atoms with Crippen molar-refractivity contribution in [2.45, 2.75) is 95.3 Å². The monoisotopic (exact) mass is 547 g/mol. The van der Waals surface area contributed by atoms with Crippen molar-refractivity contribution in [1.29, 1.82) is 0 Å². The van der Waals surface area contributed by atoms with Gasteiger partial charge in [0.2, 0.25) is 0 Å². The molecule has 0 saturated heterocycles. The molecular weight excluding hydrogens is 498 g/mol. The average Bonchev–Trinajstić information content (AvgIpc) is 2.97. The van der Waals surface area contributed by atoms with E-state index in [1.54, 1.807) is 14.2 Å². The van der Waals surface area contributed by atoms with Gasteiger partial charge < -0.3 is 14.4 Å². The van der Waals surface area contributed by atoms with Crippen molar-refractivity contribution in [3.63, 3.8) is 0 Å². The fourth-order valence-corrected chi connectivity index (χ4v) is 6.71. The van der Waals surface area contributed by atoms with Crippen molar-refractivity contribution < 1.29 is 19.1 Å². The molecule has 2 unspecified atom stereocenters. The Hall–Kier alpha value is -3.08. The Morgan fingerprint density at radius 2 is 1.32 bits per heavy atom. The van der Waals surface area contributed by atoms with Gasteiger partial charge in [-0.15, -0.1) is 0 Å². The van der Waals surface area contributed by atoms with Crippen molar-refractivity contribution in [3.05, 3.63) is 71.4 Å². The number of carbonyl (C=O) groups is 2. The Morgan fingerprint density at radius 1 is 0.775 bits per heavy atom. The van der Waals surface area contributed by atoms with Gasteiger partial charge in [-0.3, -0.25) is 9.59 Å². The Kier molecular flexibility index (Phi) is 11.4. The molecule has 0 N–H and O–H groups in total. The lowest BCUT2D eigenvalue weighted by molar-refractivity contribution is -0.127. The quantitative estimate of drug-likeness (QED) is 0.300. The molecule has 0 radical (unpaired) electrons. The topological polar surface area (TPSA) is 55.8 Å². The molecule has 5 heteroatoms. The van der Waals surface area contributed by atoms with E-state index in [9.17, 15) is 9.59 Å². The number of hydrogen-bond acceptors (Lipinski definition) is 5. The van der Waals surface area contributed by atoms with Crippen molar-refractivity contribution >= 4 is 11.6 Å². The Labute approximate surface area is 241 Å². The van der Waals surface area contributed by atoms with Crippen LogP contribution in [0.2, 0.25) is 0 Å². The van der Waals surface area contributed by atoms with Gasteiger partial charge in [0, 0.05) is 32.3 Å². The SMILES string of the molecule is CCCC1(c2cccc(OC)c2)CCC/C(=C\N(C)C)C1=O.CCCC1(c2cccc(OC)c2)CCCCC1=O. The molecule has 0 amide bonds. The molecule has 2 aliphatic rings. The smallest absolute Gasteiger partial charge is 0.170 e. The molecule has 2 fully saturated rings. The van der Waals surface area contributed by atoms with Gasteiger partial charge in [0.1, 0.15) is 17.3 Å². The summed E-state index contributed by atoms with van der Waals surface area (Å²) >= 11 is 0. The number of rotatable bonds is 9. The van der Waals surface area contributed by atoms with Gasteiger partial charge in [-0.1, -0.05) is 57.4 Å². The van der Waals surface area contributed by atoms with Gasteiger partial charge in [-0.05, 0) is 80.3 Å². The van der Waals surface area contributed by atoms with Gasteiger partial charge in [0.05, 0.1) is 25.0 Å². The fraction of sp³-hybridized carbons (Fsp3) is 0.543. The Bertz CT molecular complexity index is 1160. The number of benzene rings is 2. The van der Waals surface area contributed by atoms with Crippen molar-refractivity contribution in [2.75, 3.05) is 28.3 Å². The van der Waals surface area contributed by atoms with Crippen molar-refractivity contribution in [1.82, 2.24) is 4.90 Å². The molecule has 0 aromatic heterocycles. The molecule has 2 aliphatic carbocycles. The third-order valence-corrected chi connectivity index (χ3v) is 8.58. The van der Waals surface area contributed by atoms with Gasteiger partial charge >= 0.3 is 0 Å². The lowest BCUT2D eigenvalue weighted by Gasteiger charge is -2.37. The zero-order valence-corrected chi connectivity index (χ0v) is 25.6. The minimum absolute atomic E-state index is 0.248. The summed E-state index contributed by atoms with van der Waals surface area (Å²) in [6, 6.07) is 16.1. The maximum Gasteiger partial charge on any atom is 0.170 e. The highest BCUT2D eigenvalue weighted by atomic mass is 16.5. The van der Waals surface area contributed by atoms with Crippen LogP contribution in [0.15, 0.2) is 60.3 Å². The second-order valence-corrected chi connectivity index (χ2v) is 11.6. The van der Waals surface area contributed by atoms with E-state index in [1.807, 2.05) is 61.6 Å². The summed E-state index contributed by atoms with van der Waals surface area (Å²) in [6.07, 6.45) is 12.7. The zero-order chi connectivity index (χ0) is 29.2. The summed E-state index contributed by atoms with van der Waals surface area (Å²) in [7, 11) is 7.30. The molecule has 5 nitrogen and oxygen atoms in total. The average molecular weight is 548 g/mol. The van der Waals surface area contributed by atoms with E-state index in [0.717, 1.165) is 98.8 Å². The highest BCUT2D eigenvalue weighted by Crippen LogP contribution is 2.44. The summed E-state index contributed by atoms with van der Waals surface area (Å²) in [5, 5.41) is 0. The molecule has 2 aromatic carbocycles. The number of ether oxygens (including phenoxy) is 2. The van der Waals surface area contributed by atoms with E-state index in [1.165, 1.54) is 0 Å². The first kappa shape index (κ1) is 31.4. The Balaban J connectivity index is 0.000000225. The normalized spacial score (nSPS) is 23.8. The molecule has 2 atom stereocenters. The molecule has 218 valence electrons. The highest BCUT2D eigenvalue weighted by molar-refractivity contribution is 6.04. The fourth-order valence-electron chi connectivity index (χ4n) is 6.71. The Morgan fingerprint density at radius 3 is 1.85 bits per heavy atom. The highest BCUT2D eigenvalue weighted by Gasteiger charge is 2.43. The predicted molar refractivity (Wildman–Crippen MR) is 163 cm³/mol. The summed E-state index contributed by atoms with van der Waals surface area (Å²) in [6.45, 7) is 4.31. The van der Waals surface area contributed by atoms with Crippen LogP contribution >= 0.6 is 0 Å². The van der Waals surface area contributed by atoms with E-state index in [2.05, 4.69) is 26.0 Å². The third-order valence-electron chi connectivity index (χ3n) is 8.58. The van der Waals surface area contributed by atoms with Crippen LogP contribution in [0.5, 0.6) is 11.5 Å². The maximum atomic E-state index is 13.2. The predicted octanol–water partition coefficient (Wildman–Crippen LogP) is 7.81. The molecule has 2 aromatic rings.